The number of rotatable bonds is 3. The van der Waals surface area contributed by atoms with E-state index in [0.717, 1.165) is 16.5 Å². The van der Waals surface area contributed by atoms with Crippen LogP contribution in [0.5, 0.6) is 5.75 Å². The number of hydrogen-bond donors (Lipinski definition) is 0. The second kappa shape index (κ2) is 10.3. The number of aromatic nitrogens is 2. The number of nitrogens with zero attached hydrogens (tertiary/aromatic N) is 4. The van der Waals surface area contributed by atoms with Crippen molar-refractivity contribution in [1.82, 2.24) is 19.4 Å². The number of amides is 2. The zero-order valence-corrected chi connectivity index (χ0v) is 24.9. The van der Waals surface area contributed by atoms with E-state index in [1.165, 1.54) is 9.80 Å². The Labute approximate surface area is 248 Å². The third kappa shape index (κ3) is 4.84. The molecular formula is C31H34N4O8. The molecule has 3 aliphatic rings. The molecule has 0 N–H and O–H groups in total. The van der Waals surface area contributed by atoms with Crippen LogP contribution < -0.4 is 10.3 Å². The van der Waals surface area contributed by atoms with Crippen LogP contribution in [0.25, 0.3) is 22.3 Å². The molecule has 12 nitrogen and oxygen atoms in total. The minimum absolute atomic E-state index is 0.0587. The number of esters is 1. The molecule has 0 aliphatic carbocycles. The molecule has 6 rings (SSSR count). The van der Waals surface area contributed by atoms with Crippen LogP contribution in [-0.2, 0) is 37.8 Å². The van der Waals surface area contributed by atoms with Crippen molar-refractivity contribution in [2.45, 2.75) is 58.5 Å². The Kier molecular flexibility index (Phi) is 6.82. The number of cyclic esters (lactones) is 1. The molecule has 2 amide bonds. The first-order valence-electron chi connectivity index (χ1n) is 14.3. The number of benzene rings is 1. The SMILES string of the molecule is CC[C@@]1(OC(=O)N2CCN(C(=O)OC(C)(C)C)CC2)C(=O)OCc2c1cc1n(c2=O)Cc2cc3cc(OC)ccc3nc2-1. The predicted octanol–water partition coefficient (Wildman–Crippen LogP) is 3.79. The summed E-state index contributed by atoms with van der Waals surface area (Å²) in [5, 5.41) is 0.880. The Morgan fingerprint density at radius 3 is 2.37 bits per heavy atom. The summed E-state index contributed by atoms with van der Waals surface area (Å²) in [5.74, 6) is -0.0294. The molecule has 3 aromatic rings. The highest BCUT2D eigenvalue weighted by Gasteiger charge is 2.51. The van der Waals surface area contributed by atoms with Gasteiger partial charge in [-0.05, 0) is 57.5 Å². The average molecular weight is 591 g/mol. The minimum atomic E-state index is -1.81. The first kappa shape index (κ1) is 28.5. The highest BCUT2D eigenvalue weighted by Crippen LogP contribution is 2.41. The zero-order chi connectivity index (χ0) is 30.7. The monoisotopic (exact) mass is 590 g/mol. The van der Waals surface area contributed by atoms with E-state index >= 15 is 0 Å². The standard InChI is InChI=1S/C31H34N4O8/c1-6-31(43-29(39)34-11-9-33(10-12-34)28(38)42-30(2,3)4)22-15-24-25-19(13-18-14-20(40-5)7-8-23(18)32-25)16-35(24)26(36)21(22)17-41-27(31)37/h7-8,13-15H,6,9-12,16-17H2,1-5H3/t31-/m0/s1. The maximum absolute atomic E-state index is 13.8. The number of methoxy groups -OCH3 is 1. The van der Waals surface area contributed by atoms with Crippen molar-refractivity contribution in [3.8, 4) is 17.1 Å². The highest BCUT2D eigenvalue weighted by molar-refractivity contribution is 5.88. The van der Waals surface area contributed by atoms with Gasteiger partial charge in [0.05, 0.1) is 36.1 Å². The van der Waals surface area contributed by atoms with E-state index in [1.54, 1.807) is 45.4 Å². The summed E-state index contributed by atoms with van der Waals surface area (Å²) >= 11 is 0. The lowest BCUT2D eigenvalue weighted by Gasteiger charge is -2.39. The highest BCUT2D eigenvalue weighted by atomic mass is 16.6. The van der Waals surface area contributed by atoms with Crippen molar-refractivity contribution in [2.24, 2.45) is 0 Å². The van der Waals surface area contributed by atoms with Crippen LogP contribution >= 0.6 is 0 Å². The molecule has 0 spiro atoms. The van der Waals surface area contributed by atoms with E-state index in [9.17, 15) is 19.2 Å². The Hall–Kier alpha value is -4.61. The first-order valence-corrected chi connectivity index (χ1v) is 14.3. The number of hydrogen-bond acceptors (Lipinski definition) is 9. The third-order valence-corrected chi connectivity index (χ3v) is 8.13. The molecule has 12 heteroatoms. The van der Waals surface area contributed by atoms with Gasteiger partial charge < -0.3 is 33.3 Å². The number of fused-ring (bicyclic) bond motifs is 5. The van der Waals surface area contributed by atoms with Gasteiger partial charge >= 0.3 is 18.2 Å². The van der Waals surface area contributed by atoms with Gasteiger partial charge in [0.15, 0.2) is 0 Å². The molecule has 2 aromatic heterocycles. The van der Waals surface area contributed by atoms with Crippen molar-refractivity contribution in [3.63, 3.8) is 0 Å². The quantitative estimate of drug-likeness (QED) is 0.258. The van der Waals surface area contributed by atoms with Gasteiger partial charge in [0.1, 0.15) is 18.0 Å². The lowest BCUT2D eigenvalue weighted by Crippen LogP contribution is -2.54. The van der Waals surface area contributed by atoms with E-state index in [0.29, 0.717) is 29.2 Å². The van der Waals surface area contributed by atoms with E-state index < -0.39 is 29.4 Å². The average Bonchev–Trinajstić information content (AvgIpc) is 3.34. The van der Waals surface area contributed by atoms with Crippen LogP contribution in [0.2, 0.25) is 0 Å². The van der Waals surface area contributed by atoms with Crippen LogP contribution in [-0.4, -0.2) is 76.4 Å². The maximum Gasteiger partial charge on any atom is 0.411 e. The fourth-order valence-electron chi connectivity index (χ4n) is 5.86. The smallest absolute Gasteiger partial charge is 0.411 e. The molecule has 43 heavy (non-hydrogen) atoms. The molecule has 1 fully saturated rings. The lowest BCUT2D eigenvalue weighted by atomic mass is 9.85. The van der Waals surface area contributed by atoms with Gasteiger partial charge in [-0.15, -0.1) is 0 Å². The number of carbonyl (C=O) groups is 3. The summed E-state index contributed by atoms with van der Waals surface area (Å²) in [6, 6.07) is 9.29. The molecule has 1 aromatic carbocycles. The molecule has 0 bridgehead atoms. The second-order valence-corrected chi connectivity index (χ2v) is 11.9. The molecular weight excluding hydrogens is 556 g/mol. The molecule has 5 heterocycles. The van der Waals surface area contributed by atoms with Crippen LogP contribution in [0.1, 0.15) is 50.8 Å². The number of ether oxygens (including phenoxy) is 4. The van der Waals surface area contributed by atoms with Crippen molar-refractivity contribution in [3.05, 3.63) is 57.4 Å². The molecule has 1 saturated heterocycles. The van der Waals surface area contributed by atoms with Gasteiger partial charge in [0.2, 0.25) is 5.60 Å². The fraction of sp³-hybridized carbons (Fsp3) is 0.452. The van der Waals surface area contributed by atoms with Crippen molar-refractivity contribution in [1.29, 1.82) is 0 Å². The van der Waals surface area contributed by atoms with E-state index in [2.05, 4.69) is 0 Å². The third-order valence-electron chi connectivity index (χ3n) is 8.13. The number of pyridine rings is 2. The second-order valence-electron chi connectivity index (χ2n) is 11.9. The number of carbonyl (C=O) groups excluding carboxylic acids is 3. The van der Waals surface area contributed by atoms with E-state index in [1.807, 2.05) is 24.3 Å². The minimum Gasteiger partial charge on any atom is -0.497 e. The first-order chi connectivity index (χ1) is 20.4. The summed E-state index contributed by atoms with van der Waals surface area (Å²) in [6.45, 7) is 8.07. The van der Waals surface area contributed by atoms with Crippen LogP contribution in [0.15, 0.2) is 35.1 Å². The Morgan fingerprint density at radius 2 is 1.72 bits per heavy atom. The summed E-state index contributed by atoms with van der Waals surface area (Å²) in [6.07, 6.45) is -1.12. The van der Waals surface area contributed by atoms with Crippen molar-refractivity contribution >= 4 is 29.1 Å². The predicted molar refractivity (Wildman–Crippen MR) is 155 cm³/mol. The molecule has 1 atom stereocenters. The Bertz CT molecular complexity index is 1720. The van der Waals surface area contributed by atoms with Gasteiger partial charge in [0, 0.05) is 42.7 Å². The van der Waals surface area contributed by atoms with Crippen molar-refractivity contribution < 1.29 is 33.3 Å². The molecule has 0 unspecified atom stereocenters. The molecule has 0 radical (unpaired) electrons. The number of piperazine rings is 1. The van der Waals surface area contributed by atoms with Crippen molar-refractivity contribution in [2.75, 3.05) is 33.3 Å². The van der Waals surface area contributed by atoms with Crippen LogP contribution in [0.3, 0.4) is 0 Å². The summed E-state index contributed by atoms with van der Waals surface area (Å²) in [4.78, 5) is 60.9. The molecule has 0 saturated carbocycles. The van der Waals surface area contributed by atoms with Gasteiger partial charge in [-0.2, -0.15) is 0 Å². The Balaban J connectivity index is 1.31. The van der Waals surface area contributed by atoms with Gasteiger partial charge in [0.25, 0.3) is 5.56 Å². The van der Waals surface area contributed by atoms with Crippen LogP contribution in [0.4, 0.5) is 9.59 Å². The summed E-state index contributed by atoms with van der Waals surface area (Å²) in [7, 11) is 1.60. The fourth-order valence-corrected chi connectivity index (χ4v) is 5.86. The van der Waals surface area contributed by atoms with Crippen LogP contribution in [0, 0.1) is 0 Å². The topological polar surface area (TPSA) is 130 Å². The van der Waals surface area contributed by atoms with Gasteiger partial charge in [-0.25, -0.2) is 19.4 Å². The van der Waals surface area contributed by atoms with E-state index in [4.69, 9.17) is 23.9 Å². The molecule has 3 aliphatic heterocycles. The van der Waals surface area contributed by atoms with Gasteiger partial charge in [-0.1, -0.05) is 6.92 Å². The summed E-state index contributed by atoms with van der Waals surface area (Å²) < 4.78 is 23.8. The maximum atomic E-state index is 13.8. The normalized spacial score (nSPS) is 19.3. The lowest BCUT2D eigenvalue weighted by molar-refractivity contribution is -0.173. The van der Waals surface area contributed by atoms with Gasteiger partial charge in [-0.3, -0.25) is 4.79 Å². The van der Waals surface area contributed by atoms with E-state index in [-0.39, 0.29) is 50.3 Å². The zero-order valence-electron chi connectivity index (χ0n) is 24.9. The summed E-state index contributed by atoms with van der Waals surface area (Å²) in [5.41, 5.74) is 0.585. The molecule has 226 valence electrons. The largest absolute Gasteiger partial charge is 0.497 e. The Morgan fingerprint density at radius 1 is 1.02 bits per heavy atom.